The van der Waals surface area contributed by atoms with Gasteiger partial charge in [0.25, 0.3) is 0 Å². The molecular formula is C17H25F2NO. The Morgan fingerprint density at radius 3 is 2.81 bits per heavy atom. The maximum absolute atomic E-state index is 12.3. The molecule has 0 radical (unpaired) electrons. The zero-order valence-electron chi connectivity index (χ0n) is 12.9. The van der Waals surface area contributed by atoms with Gasteiger partial charge in [-0.05, 0) is 29.7 Å². The second-order valence-electron chi connectivity index (χ2n) is 5.94. The van der Waals surface area contributed by atoms with Crippen LogP contribution in [0.4, 0.5) is 14.5 Å². The van der Waals surface area contributed by atoms with Gasteiger partial charge in [-0.15, -0.1) is 0 Å². The van der Waals surface area contributed by atoms with Crippen molar-refractivity contribution in [2.24, 2.45) is 5.92 Å². The Kier molecular flexibility index (Phi) is 5.83. The van der Waals surface area contributed by atoms with Crippen LogP contribution in [-0.2, 0) is 0 Å². The van der Waals surface area contributed by atoms with E-state index in [2.05, 4.69) is 23.9 Å². The lowest BCUT2D eigenvalue weighted by Gasteiger charge is -2.19. The SMILES string of the molecule is CCCCCCC(C)C1CNc2ccc(OC(F)F)cc21. The van der Waals surface area contributed by atoms with E-state index in [4.69, 9.17) is 0 Å². The number of ether oxygens (including phenoxy) is 1. The molecule has 1 aliphatic heterocycles. The average Bonchev–Trinajstić information content (AvgIpc) is 2.86. The second-order valence-corrected chi connectivity index (χ2v) is 5.94. The molecule has 0 spiro atoms. The molecule has 1 aromatic rings. The lowest BCUT2D eigenvalue weighted by molar-refractivity contribution is -0.0498. The second kappa shape index (κ2) is 7.62. The molecule has 2 unspecified atom stereocenters. The number of rotatable bonds is 8. The summed E-state index contributed by atoms with van der Waals surface area (Å²) in [6.45, 7) is 2.60. The first-order valence-corrected chi connectivity index (χ1v) is 7.94. The van der Waals surface area contributed by atoms with Gasteiger partial charge in [0.05, 0.1) is 0 Å². The van der Waals surface area contributed by atoms with E-state index in [1.54, 1.807) is 12.1 Å². The molecule has 2 atom stereocenters. The molecule has 0 fully saturated rings. The number of alkyl halides is 2. The van der Waals surface area contributed by atoms with Gasteiger partial charge in [0.1, 0.15) is 5.75 Å². The number of halogens is 2. The smallest absolute Gasteiger partial charge is 0.387 e. The Morgan fingerprint density at radius 1 is 1.29 bits per heavy atom. The highest BCUT2D eigenvalue weighted by atomic mass is 19.3. The summed E-state index contributed by atoms with van der Waals surface area (Å²) in [5, 5.41) is 3.37. The van der Waals surface area contributed by atoms with Crippen molar-refractivity contribution >= 4 is 5.69 Å². The van der Waals surface area contributed by atoms with Crippen LogP contribution >= 0.6 is 0 Å². The Hall–Kier alpha value is -1.32. The molecule has 1 aliphatic rings. The molecule has 0 saturated carbocycles. The molecule has 1 aromatic carbocycles. The van der Waals surface area contributed by atoms with Crippen molar-refractivity contribution in [3.63, 3.8) is 0 Å². The van der Waals surface area contributed by atoms with E-state index in [1.807, 2.05) is 6.07 Å². The van der Waals surface area contributed by atoms with Crippen molar-refractivity contribution < 1.29 is 13.5 Å². The lowest BCUT2D eigenvalue weighted by atomic mass is 9.85. The first-order chi connectivity index (χ1) is 10.1. The van der Waals surface area contributed by atoms with Gasteiger partial charge < -0.3 is 10.1 Å². The molecule has 1 N–H and O–H groups in total. The predicted molar refractivity (Wildman–Crippen MR) is 82.2 cm³/mol. The molecule has 0 amide bonds. The zero-order chi connectivity index (χ0) is 15.2. The van der Waals surface area contributed by atoms with Gasteiger partial charge in [-0.3, -0.25) is 0 Å². The number of fused-ring (bicyclic) bond motifs is 1. The highest BCUT2D eigenvalue weighted by Crippen LogP contribution is 2.40. The molecule has 4 heteroatoms. The van der Waals surface area contributed by atoms with Crippen LogP contribution in [0.25, 0.3) is 0 Å². The molecule has 118 valence electrons. The first kappa shape index (κ1) is 16.1. The van der Waals surface area contributed by atoms with E-state index in [9.17, 15) is 8.78 Å². The van der Waals surface area contributed by atoms with Crippen molar-refractivity contribution in [3.8, 4) is 5.75 Å². The average molecular weight is 297 g/mol. The Labute approximate surface area is 125 Å². The molecule has 1 heterocycles. The van der Waals surface area contributed by atoms with Crippen LogP contribution in [0.3, 0.4) is 0 Å². The van der Waals surface area contributed by atoms with Gasteiger partial charge in [0.2, 0.25) is 0 Å². The highest BCUT2D eigenvalue weighted by Gasteiger charge is 2.27. The summed E-state index contributed by atoms with van der Waals surface area (Å²) in [5.74, 6) is 1.20. The van der Waals surface area contributed by atoms with Crippen molar-refractivity contribution in [2.45, 2.75) is 58.5 Å². The van der Waals surface area contributed by atoms with Gasteiger partial charge in [0.15, 0.2) is 0 Å². The van der Waals surface area contributed by atoms with Crippen LogP contribution in [0.2, 0.25) is 0 Å². The summed E-state index contributed by atoms with van der Waals surface area (Å²) in [5.41, 5.74) is 2.18. The molecule has 2 rings (SSSR count). The van der Waals surface area contributed by atoms with Crippen molar-refractivity contribution in [1.29, 1.82) is 0 Å². The summed E-state index contributed by atoms with van der Waals surface area (Å²) >= 11 is 0. The topological polar surface area (TPSA) is 21.3 Å². The van der Waals surface area contributed by atoms with Crippen LogP contribution in [0, 0.1) is 5.92 Å². The minimum Gasteiger partial charge on any atom is -0.435 e. The minimum atomic E-state index is -2.76. The van der Waals surface area contributed by atoms with Gasteiger partial charge in [0, 0.05) is 18.2 Å². The monoisotopic (exact) mass is 297 g/mol. The molecular weight excluding hydrogens is 272 g/mol. The maximum Gasteiger partial charge on any atom is 0.387 e. The number of nitrogens with one attached hydrogen (secondary N) is 1. The number of benzene rings is 1. The van der Waals surface area contributed by atoms with Crippen LogP contribution in [0.5, 0.6) is 5.75 Å². The summed E-state index contributed by atoms with van der Waals surface area (Å²) in [7, 11) is 0. The number of hydrogen-bond donors (Lipinski definition) is 1. The largest absolute Gasteiger partial charge is 0.435 e. The molecule has 0 saturated heterocycles. The van der Waals surface area contributed by atoms with E-state index < -0.39 is 6.61 Å². The normalized spacial score (nSPS) is 18.4. The fourth-order valence-corrected chi connectivity index (χ4v) is 3.12. The van der Waals surface area contributed by atoms with E-state index in [0.29, 0.717) is 11.8 Å². The van der Waals surface area contributed by atoms with Crippen LogP contribution in [0.15, 0.2) is 18.2 Å². The van der Waals surface area contributed by atoms with E-state index in [-0.39, 0.29) is 5.75 Å². The molecule has 2 nitrogen and oxygen atoms in total. The fraction of sp³-hybridized carbons (Fsp3) is 0.647. The third kappa shape index (κ3) is 4.32. The Bertz CT molecular complexity index is 450. The number of hydrogen-bond acceptors (Lipinski definition) is 2. The van der Waals surface area contributed by atoms with Gasteiger partial charge in [-0.25, -0.2) is 0 Å². The van der Waals surface area contributed by atoms with Gasteiger partial charge in [-0.2, -0.15) is 8.78 Å². The Morgan fingerprint density at radius 2 is 2.10 bits per heavy atom. The van der Waals surface area contributed by atoms with Crippen molar-refractivity contribution in [2.75, 3.05) is 11.9 Å². The fourth-order valence-electron chi connectivity index (χ4n) is 3.12. The number of anilines is 1. The predicted octanol–water partition coefficient (Wildman–Crippen LogP) is 5.40. The lowest BCUT2D eigenvalue weighted by Crippen LogP contribution is -2.12. The van der Waals surface area contributed by atoms with Crippen LogP contribution in [0.1, 0.15) is 57.4 Å². The third-order valence-electron chi connectivity index (χ3n) is 4.36. The standard InChI is InChI=1S/C17H25F2NO/c1-3-4-5-6-7-12(2)15-11-20-16-9-8-13(10-14(15)16)21-17(18)19/h8-10,12,15,17,20H,3-7,11H2,1-2H3. The summed E-state index contributed by atoms with van der Waals surface area (Å²) in [6.07, 6.45) is 6.25. The third-order valence-corrected chi connectivity index (χ3v) is 4.36. The van der Waals surface area contributed by atoms with Crippen molar-refractivity contribution in [3.05, 3.63) is 23.8 Å². The zero-order valence-corrected chi connectivity index (χ0v) is 12.9. The van der Waals surface area contributed by atoms with E-state index in [1.165, 1.54) is 32.1 Å². The molecule has 0 aliphatic carbocycles. The van der Waals surface area contributed by atoms with E-state index in [0.717, 1.165) is 17.8 Å². The Balaban J connectivity index is 1.98. The quantitative estimate of drug-likeness (QED) is 0.648. The van der Waals surface area contributed by atoms with E-state index >= 15 is 0 Å². The summed E-state index contributed by atoms with van der Waals surface area (Å²) < 4.78 is 29.2. The minimum absolute atomic E-state index is 0.260. The maximum atomic E-state index is 12.3. The summed E-state index contributed by atoms with van der Waals surface area (Å²) in [6, 6.07) is 5.22. The number of unbranched alkanes of at least 4 members (excludes halogenated alkanes) is 3. The van der Waals surface area contributed by atoms with Crippen LogP contribution in [-0.4, -0.2) is 13.2 Å². The van der Waals surface area contributed by atoms with Crippen molar-refractivity contribution in [1.82, 2.24) is 0 Å². The first-order valence-electron chi connectivity index (χ1n) is 7.94. The molecule has 0 bridgehead atoms. The molecule has 21 heavy (non-hydrogen) atoms. The molecule has 0 aromatic heterocycles. The highest BCUT2D eigenvalue weighted by molar-refractivity contribution is 5.60. The van der Waals surface area contributed by atoms with Crippen LogP contribution < -0.4 is 10.1 Å². The van der Waals surface area contributed by atoms with Gasteiger partial charge in [-0.1, -0.05) is 46.0 Å². The van der Waals surface area contributed by atoms with Gasteiger partial charge >= 0.3 is 6.61 Å². The summed E-state index contributed by atoms with van der Waals surface area (Å²) in [4.78, 5) is 0.